The molecule has 0 bridgehead atoms. The standard InChI is InChI=1S/C11H25NO2/c1-4-7-12-8-6-11(3)14-10-9-13-5-2/h11-12H,4-10H2,1-3H3. The van der Waals surface area contributed by atoms with E-state index in [1.165, 1.54) is 6.42 Å². The average Bonchev–Trinajstić information content (AvgIpc) is 2.19. The molecule has 0 aromatic rings. The maximum Gasteiger partial charge on any atom is 0.0704 e. The molecule has 86 valence electrons. The predicted octanol–water partition coefficient (Wildman–Crippen LogP) is 1.82. The first kappa shape index (κ1) is 13.9. The van der Waals surface area contributed by atoms with E-state index in [4.69, 9.17) is 9.47 Å². The van der Waals surface area contributed by atoms with Crippen molar-refractivity contribution in [1.29, 1.82) is 0 Å². The van der Waals surface area contributed by atoms with Crippen LogP contribution in [0.15, 0.2) is 0 Å². The lowest BCUT2D eigenvalue weighted by molar-refractivity contribution is 0.0124. The van der Waals surface area contributed by atoms with Gasteiger partial charge < -0.3 is 14.8 Å². The van der Waals surface area contributed by atoms with Crippen molar-refractivity contribution in [2.45, 2.75) is 39.7 Å². The zero-order valence-corrected chi connectivity index (χ0v) is 9.84. The molecule has 0 aliphatic carbocycles. The van der Waals surface area contributed by atoms with Crippen LogP contribution < -0.4 is 5.32 Å². The second-order valence-corrected chi connectivity index (χ2v) is 3.42. The third-order valence-corrected chi connectivity index (χ3v) is 1.99. The van der Waals surface area contributed by atoms with E-state index in [2.05, 4.69) is 19.2 Å². The molecule has 14 heavy (non-hydrogen) atoms. The van der Waals surface area contributed by atoms with E-state index in [9.17, 15) is 0 Å². The van der Waals surface area contributed by atoms with Crippen LogP contribution in [0.2, 0.25) is 0 Å². The molecule has 0 spiro atoms. The number of hydrogen-bond acceptors (Lipinski definition) is 3. The fourth-order valence-electron chi connectivity index (χ4n) is 1.14. The first-order chi connectivity index (χ1) is 6.81. The van der Waals surface area contributed by atoms with Crippen LogP contribution in [0.1, 0.15) is 33.6 Å². The van der Waals surface area contributed by atoms with Gasteiger partial charge in [-0.15, -0.1) is 0 Å². The highest BCUT2D eigenvalue weighted by molar-refractivity contribution is 4.53. The highest BCUT2D eigenvalue weighted by Crippen LogP contribution is 1.95. The van der Waals surface area contributed by atoms with Gasteiger partial charge in [0.2, 0.25) is 0 Å². The predicted molar refractivity (Wildman–Crippen MR) is 59.7 cm³/mol. The summed E-state index contributed by atoms with van der Waals surface area (Å²) in [6.45, 7) is 10.6. The van der Waals surface area contributed by atoms with Gasteiger partial charge in [0.15, 0.2) is 0 Å². The summed E-state index contributed by atoms with van der Waals surface area (Å²) in [5.74, 6) is 0. The van der Waals surface area contributed by atoms with Gasteiger partial charge in [0.05, 0.1) is 19.3 Å². The number of nitrogens with one attached hydrogen (secondary N) is 1. The monoisotopic (exact) mass is 203 g/mol. The normalized spacial score (nSPS) is 13.1. The van der Waals surface area contributed by atoms with Crippen LogP contribution in [-0.4, -0.2) is 39.0 Å². The van der Waals surface area contributed by atoms with Gasteiger partial charge >= 0.3 is 0 Å². The van der Waals surface area contributed by atoms with E-state index in [0.29, 0.717) is 19.3 Å². The van der Waals surface area contributed by atoms with Crippen molar-refractivity contribution in [3.05, 3.63) is 0 Å². The molecule has 0 aromatic carbocycles. The molecule has 0 radical (unpaired) electrons. The number of ether oxygens (including phenoxy) is 2. The van der Waals surface area contributed by atoms with Gasteiger partial charge in [-0.05, 0) is 39.8 Å². The summed E-state index contributed by atoms with van der Waals surface area (Å²) >= 11 is 0. The Morgan fingerprint density at radius 2 is 1.93 bits per heavy atom. The van der Waals surface area contributed by atoms with Crippen LogP contribution in [0.5, 0.6) is 0 Å². The summed E-state index contributed by atoms with van der Waals surface area (Å²) in [6.07, 6.45) is 2.60. The third-order valence-electron chi connectivity index (χ3n) is 1.99. The molecule has 0 saturated carbocycles. The highest BCUT2D eigenvalue weighted by Gasteiger charge is 2.00. The minimum absolute atomic E-state index is 0.333. The zero-order chi connectivity index (χ0) is 10.6. The van der Waals surface area contributed by atoms with Crippen LogP contribution >= 0.6 is 0 Å². The van der Waals surface area contributed by atoms with Crippen molar-refractivity contribution in [2.75, 3.05) is 32.9 Å². The molecule has 0 heterocycles. The van der Waals surface area contributed by atoms with Crippen LogP contribution in [0.3, 0.4) is 0 Å². The van der Waals surface area contributed by atoms with Crippen molar-refractivity contribution in [3.8, 4) is 0 Å². The lowest BCUT2D eigenvalue weighted by Gasteiger charge is -2.13. The summed E-state index contributed by atoms with van der Waals surface area (Å²) in [6, 6.07) is 0. The zero-order valence-electron chi connectivity index (χ0n) is 9.84. The second kappa shape index (κ2) is 11.0. The van der Waals surface area contributed by atoms with E-state index in [1.807, 2.05) is 6.92 Å². The van der Waals surface area contributed by atoms with Crippen LogP contribution in [0.25, 0.3) is 0 Å². The van der Waals surface area contributed by atoms with Gasteiger partial charge in [-0.3, -0.25) is 0 Å². The smallest absolute Gasteiger partial charge is 0.0704 e. The summed E-state index contributed by atoms with van der Waals surface area (Å²) in [7, 11) is 0. The topological polar surface area (TPSA) is 30.5 Å². The van der Waals surface area contributed by atoms with E-state index in [1.54, 1.807) is 0 Å². The first-order valence-electron chi connectivity index (χ1n) is 5.71. The molecular weight excluding hydrogens is 178 g/mol. The maximum absolute atomic E-state index is 5.56. The Hall–Kier alpha value is -0.120. The van der Waals surface area contributed by atoms with Crippen molar-refractivity contribution in [2.24, 2.45) is 0 Å². The fourth-order valence-corrected chi connectivity index (χ4v) is 1.14. The van der Waals surface area contributed by atoms with E-state index in [-0.39, 0.29) is 0 Å². The minimum Gasteiger partial charge on any atom is -0.379 e. The molecule has 3 heteroatoms. The second-order valence-electron chi connectivity index (χ2n) is 3.42. The van der Waals surface area contributed by atoms with Gasteiger partial charge in [0, 0.05) is 6.61 Å². The molecule has 0 aromatic heterocycles. The Bertz CT molecular complexity index is 97.5. The molecule has 0 aliphatic rings. The third kappa shape index (κ3) is 9.96. The minimum atomic E-state index is 0.333. The van der Waals surface area contributed by atoms with Crippen molar-refractivity contribution in [3.63, 3.8) is 0 Å². The average molecular weight is 203 g/mol. The molecule has 1 unspecified atom stereocenters. The lowest BCUT2D eigenvalue weighted by atomic mass is 10.3. The summed E-state index contributed by atoms with van der Waals surface area (Å²) in [5.41, 5.74) is 0. The number of rotatable bonds is 10. The summed E-state index contributed by atoms with van der Waals surface area (Å²) < 4.78 is 10.7. The van der Waals surface area contributed by atoms with Gasteiger partial charge in [-0.25, -0.2) is 0 Å². The van der Waals surface area contributed by atoms with Gasteiger partial charge in [-0.2, -0.15) is 0 Å². The van der Waals surface area contributed by atoms with Crippen LogP contribution in [-0.2, 0) is 9.47 Å². The Balaban J connectivity index is 3.07. The molecule has 3 nitrogen and oxygen atoms in total. The quantitative estimate of drug-likeness (QED) is 0.549. The molecule has 0 rings (SSSR count). The number of hydrogen-bond donors (Lipinski definition) is 1. The Labute approximate surface area is 88.2 Å². The van der Waals surface area contributed by atoms with Gasteiger partial charge in [0.25, 0.3) is 0 Å². The molecule has 0 fully saturated rings. The molecule has 1 atom stereocenters. The van der Waals surface area contributed by atoms with Crippen molar-refractivity contribution >= 4 is 0 Å². The molecule has 1 N–H and O–H groups in total. The van der Waals surface area contributed by atoms with Crippen LogP contribution in [0, 0.1) is 0 Å². The van der Waals surface area contributed by atoms with E-state index < -0.39 is 0 Å². The van der Waals surface area contributed by atoms with Crippen LogP contribution in [0.4, 0.5) is 0 Å². The molecule has 0 aliphatic heterocycles. The molecule has 0 saturated heterocycles. The Morgan fingerprint density at radius 3 is 2.57 bits per heavy atom. The summed E-state index contributed by atoms with van der Waals surface area (Å²) in [4.78, 5) is 0. The maximum atomic E-state index is 5.56. The Morgan fingerprint density at radius 1 is 1.14 bits per heavy atom. The van der Waals surface area contributed by atoms with Gasteiger partial charge in [0.1, 0.15) is 0 Å². The van der Waals surface area contributed by atoms with Gasteiger partial charge in [-0.1, -0.05) is 6.92 Å². The van der Waals surface area contributed by atoms with Crippen molar-refractivity contribution < 1.29 is 9.47 Å². The molecule has 0 amide bonds. The van der Waals surface area contributed by atoms with E-state index in [0.717, 1.165) is 26.1 Å². The highest BCUT2D eigenvalue weighted by atomic mass is 16.5. The first-order valence-corrected chi connectivity index (χ1v) is 5.71. The lowest BCUT2D eigenvalue weighted by Crippen LogP contribution is -2.22. The van der Waals surface area contributed by atoms with Crippen molar-refractivity contribution in [1.82, 2.24) is 5.32 Å². The summed E-state index contributed by atoms with van der Waals surface area (Å²) in [5, 5.41) is 3.36. The largest absolute Gasteiger partial charge is 0.379 e. The fraction of sp³-hybridized carbons (Fsp3) is 1.00. The molecular formula is C11H25NO2. The Kier molecular flexibility index (Phi) is 10.9. The SMILES string of the molecule is CCCNCCC(C)OCCOCC. The van der Waals surface area contributed by atoms with E-state index >= 15 is 0 Å².